The van der Waals surface area contributed by atoms with E-state index >= 15 is 0 Å². The van der Waals surface area contributed by atoms with Gasteiger partial charge in [-0.05, 0) is 24.6 Å². The molecule has 0 fully saturated rings. The van der Waals surface area contributed by atoms with Crippen LogP contribution in [0.3, 0.4) is 0 Å². The number of pyridine rings is 1. The van der Waals surface area contributed by atoms with E-state index in [0.29, 0.717) is 39.0 Å². The first-order valence-corrected chi connectivity index (χ1v) is 9.41. The molecule has 2 heterocycles. The zero-order chi connectivity index (χ0) is 20.6. The topological polar surface area (TPSA) is 99.8 Å². The number of likely N-dealkylation sites (N-methyl/N-ethyl adjacent to an activating group) is 1. The number of halogens is 2. The van der Waals surface area contributed by atoms with E-state index in [1.807, 2.05) is 6.92 Å². The average molecular weight is 423 g/mol. The number of carbonyl (C=O) groups excluding carboxylic acids is 1. The van der Waals surface area contributed by atoms with Crippen molar-refractivity contribution in [3.63, 3.8) is 0 Å². The lowest BCUT2D eigenvalue weighted by Gasteiger charge is -2.19. The van der Waals surface area contributed by atoms with Gasteiger partial charge in [-0.3, -0.25) is 9.78 Å². The molecule has 0 aliphatic carbocycles. The number of nitrogens with two attached hydrogens (primary N) is 1. The fraction of sp³-hybridized carbons (Fsp3) is 0.316. The molecule has 0 bridgehead atoms. The molecule has 2 amide bonds. The van der Waals surface area contributed by atoms with Crippen LogP contribution in [0, 0.1) is 6.92 Å². The molecule has 148 valence electrons. The second kappa shape index (κ2) is 7.95. The minimum Gasteiger partial charge on any atom is -0.465 e. The van der Waals surface area contributed by atoms with E-state index in [4.69, 9.17) is 34.0 Å². The lowest BCUT2D eigenvalue weighted by molar-refractivity contribution is 0.0759. The number of rotatable bonds is 5. The normalized spacial score (nSPS) is 13.0. The van der Waals surface area contributed by atoms with Gasteiger partial charge in [0.2, 0.25) is 0 Å². The Bertz CT molecular complexity index is 965. The molecule has 3 rings (SSSR count). The van der Waals surface area contributed by atoms with Gasteiger partial charge in [-0.2, -0.15) is 0 Å². The van der Waals surface area contributed by atoms with Gasteiger partial charge < -0.3 is 20.6 Å². The van der Waals surface area contributed by atoms with Crippen LogP contribution in [0.25, 0.3) is 11.1 Å². The number of aryl methyl sites for hydroxylation is 1. The molecule has 0 radical (unpaired) electrons. The fourth-order valence-corrected chi connectivity index (χ4v) is 3.85. The van der Waals surface area contributed by atoms with E-state index in [9.17, 15) is 9.59 Å². The van der Waals surface area contributed by atoms with E-state index in [0.717, 1.165) is 16.2 Å². The van der Waals surface area contributed by atoms with Crippen molar-refractivity contribution < 1.29 is 14.7 Å². The van der Waals surface area contributed by atoms with Crippen molar-refractivity contribution >= 4 is 35.2 Å². The Morgan fingerprint density at radius 1 is 1.36 bits per heavy atom. The summed E-state index contributed by atoms with van der Waals surface area (Å²) < 4.78 is 0. The van der Waals surface area contributed by atoms with Crippen LogP contribution >= 0.6 is 23.2 Å². The summed E-state index contributed by atoms with van der Waals surface area (Å²) >= 11 is 12.5. The van der Waals surface area contributed by atoms with Gasteiger partial charge >= 0.3 is 6.09 Å². The van der Waals surface area contributed by atoms with Gasteiger partial charge in [0.15, 0.2) is 0 Å². The van der Waals surface area contributed by atoms with Crippen LogP contribution in [0.4, 0.5) is 4.79 Å². The van der Waals surface area contributed by atoms with Crippen LogP contribution in [0.5, 0.6) is 0 Å². The van der Waals surface area contributed by atoms with Crippen molar-refractivity contribution in [1.29, 1.82) is 0 Å². The maximum Gasteiger partial charge on any atom is 0.407 e. The summed E-state index contributed by atoms with van der Waals surface area (Å²) in [7, 11) is 1.46. The largest absolute Gasteiger partial charge is 0.465 e. The first-order valence-electron chi connectivity index (χ1n) is 8.65. The maximum atomic E-state index is 13.1. The number of aromatic nitrogens is 1. The Morgan fingerprint density at radius 2 is 2.07 bits per heavy atom. The van der Waals surface area contributed by atoms with Crippen molar-refractivity contribution in [3.8, 4) is 11.1 Å². The third-order valence-electron chi connectivity index (χ3n) is 4.86. The number of hydrogen-bond acceptors (Lipinski definition) is 4. The van der Waals surface area contributed by atoms with Crippen molar-refractivity contribution in [2.45, 2.75) is 20.0 Å². The Kier molecular flexibility index (Phi) is 5.79. The first kappa shape index (κ1) is 20.4. The van der Waals surface area contributed by atoms with Gasteiger partial charge in [-0.1, -0.05) is 29.3 Å². The Morgan fingerprint density at radius 3 is 2.68 bits per heavy atom. The fourth-order valence-electron chi connectivity index (χ4n) is 3.34. The van der Waals surface area contributed by atoms with E-state index in [1.54, 1.807) is 23.1 Å². The van der Waals surface area contributed by atoms with E-state index in [1.165, 1.54) is 7.05 Å². The minimum atomic E-state index is -1.04. The van der Waals surface area contributed by atoms with E-state index in [-0.39, 0.29) is 25.5 Å². The van der Waals surface area contributed by atoms with Crippen LogP contribution in [0.1, 0.15) is 27.3 Å². The summed E-state index contributed by atoms with van der Waals surface area (Å²) in [5.41, 5.74) is 9.90. The standard InChI is InChI=1S/C19H20Cl2N4O3/c1-10-13(8-22)16(12-4-3-11(20)7-14(12)21)17-15(23-10)9-25(18(17)26)6-5-24(2)19(27)28/h3-4,7H,5-6,8-9,22H2,1-2H3,(H,27,28). The van der Waals surface area contributed by atoms with Gasteiger partial charge in [0.25, 0.3) is 5.91 Å². The van der Waals surface area contributed by atoms with Crippen LogP contribution in [-0.4, -0.2) is 52.0 Å². The molecule has 1 aliphatic heterocycles. The number of carboxylic acid groups (broad SMARTS) is 1. The van der Waals surface area contributed by atoms with Gasteiger partial charge in [0.05, 0.1) is 17.8 Å². The lowest BCUT2D eigenvalue weighted by Crippen LogP contribution is -2.35. The highest BCUT2D eigenvalue weighted by atomic mass is 35.5. The average Bonchev–Trinajstić information content (AvgIpc) is 2.94. The van der Waals surface area contributed by atoms with Crippen molar-refractivity contribution in [2.75, 3.05) is 20.1 Å². The summed E-state index contributed by atoms with van der Waals surface area (Å²) in [4.78, 5) is 31.5. The molecule has 1 aromatic carbocycles. The molecular weight excluding hydrogens is 403 g/mol. The Hall–Kier alpha value is -2.35. The van der Waals surface area contributed by atoms with Crippen molar-refractivity contribution in [2.24, 2.45) is 5.73 Å². The van der Waals surface area contributed by atoms with Gasteiger partial charge in [0.1, 0.15) is 0 Å². The number of benzene rings is 1. The number of nitrogens with zero attached hydrogens (tertiary/aromatic N) is 3. The lowest BCUT2D eigenvalue weighted by atomic mass is 9.93. The SMILES string of the molecule is Cc1nc2c(c(-c3ccc(Cl)cc3Cl)c1CN)C(=O)N(CCN(C)C(=O)O)C2. The Labute approximate surface area is 172 Å². The zero-order valence-electron chi connectivity index (χ0n) is 15.5. The monoisotopic (exact) mass is 422 g/mol. The number of fused-ring (bicyclic) bond motifs is 1. The molecule has 1 aromatic heterocycles. The van der Waals surface area contributed by atoms with Gasteiger partial charge in [-0.15, -0.1) is 0 Å². The van der Waals surface area contributed by atoms with E-state index in [2.05, 4.69) is 4.98 Å². The minimum absolute atomic E-state index is 0.203. The molecule has 3 N–H and O–H groups in total. The zero-order valence-corrected chi connectivity index (χ0v) is 17.0. The highest BCUT2D eigenvalue weighted by molar-refractivity contribution is 6.36. The number of carbonyl (C=O) groups is 2. The first-order chi connectivity index (χ1) is 13.2. The summed E-state index contributed by atoms with van der Waals surface area (Å²) in [6, 6.07) is 5.11. The molecule has 0 unspecified atom stereocenters. The van der Waals surface area contributed by atoms with Crippen molar-refractivity contribution in [1.82, 2.24) is 14.8 Å². The van der Waals surface area contributed by atoms with Crippen LogP contribution in [0.15, 0.2) is 18.2 Å². The third kappa shape index (κ3) is 3.65. The summed E-state index contributed by atoms with van der Waals surface area (Å²) in [6.45, 7) is 2.83. The van der Waals surface area contributed by atoms with E-state index < -0.39 is 6.09 Å². The predicted octanol–water partition coefficient (Wildman–Crippen LogP) is 3.39. The maximum absolute atomic E-state index is 13.1. The summed E-state index contributed by atoms with van der Waals surface area (Å²) in [5, 5.41) is 9.94. The molecular formula is C19H20Cl2N4O3. The second-order valence-corrected chi connectivity index (χ2v) is 7.48. The highest BCUT2D eigenvalue weighted by Gasteiger charge is 2.34. The summed E-state index contributed by atoms with van der Waals surface area (Å²) in [6.07, 6.45) is -1.04. The molecule has 0 saturated heterocycles. The van der Waals surface area contributed by atoms with Crippen molar-refractivity contribution in [3.05, 3.63) is 50.8 Å². The molecule has 1 aliphatic rings. The molecule has 7 nitrogen and oxygen atoms in total. The molecule has 2 aromatic rings. The summed E-state index contributed by atoms with van der Waals surface area (Å²) in [5.74, 6) is -0.211. The molecule has 9 heteroatoms. The quantitative estimate of drug-likeness (QED) is 0.768. The van der Waals surface area contributed by atoms with Crippen LogP contribution in [0.2, 0.25) is 10.0 Å². The number of amides is 2. The smallest absolute Gasteiger partial charge is 0.407 e. The van der Waals surface area contributed by atoms with Gasteiger partial charge in [-0.25, -0.2) is 4.79 Å². The predicted molar refractivity (Wildman–Crippen MR) is 108 cm³/mol. The second-order valence-electron chi connectivity index (χ2n) is 6.63. The number of hydrogen-bond donors (Lipinski definition) is 2. The van der Waals surface area contributed by atoms with Crippen LogP contribution < -0.4 is 5.73 Å². The third-order valence-corrected chi connectivity index (χ3v) is 5.41. The van der Waals surface area contributed by atoms with Crippen LogP contribution in [-0.2, 0) is 13.1 Å². The molecule has 28 heavy (non-hydrogen) atoms. The molecule has 0 spiro atoms. The Balaban J connectivity index is 2.07. The molecule has 0 atom stereocenters. The van der Waals surface area contributed by atoms with Gasteiger partial charge in [0, 0.05) is 53.5 Å². The molecule has 0 saturated carbocycles. The highest BCUT2D eigenvalue weighted by Crippen LogP contribution is 2.39.